The molecule has 3 heterocycles. The van der Waals surface area contributed by atoms with Crippen molar-refractivity contribution in [2.24, 2.45) is 0 Å². The van der Waals surface area contributed by atoms with Crippen molar-refractivity contribution in [2.75, 3.05) is 11.4 Å². The molecule has 1 aliphatic heterocycles. The molecule has 0 unspecified atom stereocenters. The lowest BCUT2D eigenvalue weighted by Gasteiger charge is -2.17. The maximum absolute atomic E-state index is 13.0. The average Bonchev–Trinajstić information content (AvgIpc) is 3.06. The minimum atomic E-state index is 0.0647. The molecule has 0 aliphatic carbocycles. The molecule has 4 rings (SSSR count). The van der Waals surface area contributed by atoms with Gasteiger partial charge in [-0.3, -0.25) is 9.78 Å². The molecule has 1 aromatic carbocycles. The molecule has 0 bridgehead atoms. The number of para-hydroxylation sites is 1. The van der Waals surface area contributed by atoms with Crippen LogP contribution in [0.3, 0.4) is 0 Å². The lowest BCUT2D eigenvalue weighted by molar-refractivity contribution is 0.0990. The quantitative estimate of drug-likeness (QED) is 0.743. The third kappa shape index (κ3) is 1.76. The second-order valence-corrected chi connectivity index (χ2v) is 5.38. The van der Waals surface area contributed by atoms with Crippen LogP contribution in [0.4, 0.5) is 5.69 Å². The minimum absolute atomic E-state index is 0.0647. The SMILES string of the molecule is Cc1[nH]c2ccccc2c1C(=O)N1CCc2cnccc21. The van der Waals surface area contributed by atoms with Crippen LogP contribution in [0, 0.1) is 6.92 Å². The van der Waals surface area contributed by atoms with E-state index in [0.29, 0.717) is 0 Å². The average molecular weight is 277 g/mol. The predicted molar refractivity (Wildman–Crippen MR) is 82.7 cm³/mol. The van der Waals surface area contributed by atoms with E-state index in [1.165, 1.54) is 0 Å². The van der Waals surface area contributed by atoms with Gasteiger partial charge >= 0.3 is 0 Å². The summed E-state index contributed by atoms with van der Waals surface area (Å²) < 4.78 is 0. The zero-order chi connectivity index (χ0) is 14.4. The highest BCUT2D eigenvalue weighted by atomic mass is 16.2. The highest BCUT2D eigenvalue weighted by molar-refractivity contribution is 6.15. The Morgan fingerprint density at radius 2 is 2.14 bits per heavy atom. The zero-order valence-electron chi connectivity index (χ0n) is 11.8. The summed E-state index contributed by atoms with van der Waals surface area (Å²) in [6, 6.07) is 9.86. The second kappa shape index (κ2) is 4.45. The van der Waals surface area contributed by atoms with Gasteiger partial charge in [-0.1, -0.05) is 18.2 Å². The number of hydrogen-bond donors (Lipinski definition) is 1. The topological polar surface area (TPSA) is 49.0 Å². The number of H-pyrrole nitrogens is 1. The van der Waals surface area contributed by atoms with Gasteiger partial charge in [0, 0.05) is 35.5 Å². The van der Waals surface area contributed by atoms with Gasteiger partial charge in [0.05, 0.1) is 11.3 Å². The van der Waals surface area contributed by atoms with Gasteiger partial charge in [0.15, 0.2) is 0 Å². The van der Waals surface area contributed by atoms with Gasteiger partial charge in [0.2, 0.25) is 0 Å². The third-order valence-corrected chi connectivity index (χ3v) is 4.13. The summed E-state index contributed by atoms with van der Waals surface area (Å²) in [6.07, 6.45) is 4.47. The molecule has 0 fully saturated rings. The fourth-order valence-corrected chi connectivity index (χ4v) is 3.13. The highest BCUT2D eigenvalue weighted by Crippen LogP contribution is 2.31. The van der Waals surface area contributed by atoms with Crippen molar-refractivity contribution in [3.05, 3.63) is 59.5 Å². The summed E-state index contributed by atoms with van der Waals surface area (Å²) in [5, 5.41) is 0.988. The first-order valence-corrected chi connectivity index (χ1v) is 7.08. The number of carbonyl (C=O) groups is 1. The van der Waals surface area contributed by atoms with Crippen LogP contribution in [0.15, 0.2) is 42.7 Å². The first-order chi connectivity index (χ1) is 10.3. The zero-order valence-corrected chi connectivity index (χ0v) is 11.8. The van der Waals surface area contributed by atoms with Crippen molar-refractivity contribution in [1.29, 1.82) is 0 Å². The van der Waals surface area contributed by atoms with Gasteiger partial charge in [-0.25, -0.2) is 0 Å². The normalized spacial score (nSPS) is 13.7. The molecule has 4 heteroatoms. The van der Waals surface area contributed by atoms with Crippen molar-refractivity contribution >= 4 is 22.5 Å². The van der Waals surface area contributed by atoms with Crippen LogP contribution >= 0.6 is 0 Å². The highest BCUT2D eigenvalue weighted by Gasteiger charge is 2.28. The number of nitrogens with one attached hydrogen (secondary N) is 1. The van der Waals surface area contributed by atoms with Gasteiger partial charge in [0.25, 0.3) is 5.91 Å². The number of benzene rings is 1. The smallest absolute Gasteiger partial charge is 0.260 e. The van der Waals surface area contributed by atoms with E-state index in [0.717, 1.165) is 46.4 Å². The summed E-state index contributed by atoms with van der Waals surface area (Å²) in [5.74, 6) is 0.0647. The van der Waals surface area contributed by atoms with Crippen molar-refractivity contribution in [3.63, 3.8) is 0 Å². The molecule has 1 N–H and O–H groups in total. The number of anilines is 1. The molecule has 0 saturated carbocycles. The van der Waals surface area contributed by atoms with Crippen molar-refractivity contribution < 1.29 is 4.79 Å². The number of pyridine rings is 1. The van der Waals surface area contributed by atoms with E-state index in [4.69, 9.17) is 0 Å². The molecule has 21 heavy (non-hydrogen) atoms. The number of fused-ring (bicyclic) bond motifs is 2. The number of amides is 1. The van der Waals surface area contributed by atoms with Crippen LogP contribution in [-0.2, 0) is 6.42 Å². The molecule has 1 amide bonds. The fourth-order valence-electron chi connectivity index (χ4n) is 3.13. The molecule has 0 atom stereocenters. The number of aromatic nitrogens is 2. The molecular formula is C17H15N3O. The Kier molecular flexibility index (Phi) is 2.57. The molecule has 0 spiro atoms. The summed E-state index contributed by atoms with van der Waals surface area (Å²) in [7, 11) is 0. The molecule has 104 valence electrons. The molecule has 0 radical (unpaired) electrons. The lowest BCUT2D eigenvalue weighted by atomic mass is 10.1. The fraction of sp³-hybridized carbons (Fsp3) is 0.176. The Hall–Kier alpha value is -2.62. The van der Waals surface area contributed by atoms with Gasteiger partial charge in [-0.05, 0) is 31.0 Å². The van der Waals surface area contributed by atoms with Gasteiger partial charge < -0.3 is 9.88 Å². The van der Waals surface area contributed by atoms with Crippen LogP contribution in [-0.4, -0.2) is 22.4 Å². The monoisotopic (exact) mass is 277 g/mol. The number of aromatic amines is 1. The number of carbonyl (C=O) groups excluding carboxylic acids is 1. The number of hydrogen-bond acceptors (Lipinski definition) is 2. The first kappa shape index (κ1) is 12.1. The van der Waals surface area contributed by atoms with Crippen LogP contribution in [0.5, 0.6) is 0 Å². The Labute approximate surface area is 122 Å². The van der Waals surface area contributed by atoms with Gasteiger partial charge in [0.1, 0.15) is 0 Å². The van der Waals surface area contributed by atoms with E-state index in [1.54, 1.807) is 6.20 Å². The Morgan fingerprint density at radius 1 is 1.29 bits per heavy atom. The second-order valence-electron chi connectivity index (χ2n) is 5.38. The molecule has 1 aliphatic rings. The van der Waals surface area contributed by atoms with Gasteiger partial charge in [-0.15, -0.1) is 0 Å². The maximum atomic E-state index is 13.0. The van der Waals surface area contributed by atoms with Crippen LogP contribution in [0.25, 0.3) is 10.9 Å². The van der Waals surface area contributed by atoms with Gasteiger partial charge in [-0.2, -0.15) is 0 Å². The summed E-state index contributed by atoms with van der Waals surface area (Å²) >= 11 is 0. The van der Waals surface area contributed by atoms with E-state index < -0.39 is 0 Å². The van der Waals surface area contributed by atoms with Crippen molar-refractivity contribution in [3.8, 4) is 0 Å². The maximum Gasteiger partial charge on any atom is 0.260 e. The number of rotatable bonds is 1. The van der Waals surface area contributed by atoms with E-state index in [9.17, 15) is 4.79 Å². The molecule has 0 saturated heterocycles. The van der Waals surface area contributed by atoms with Crippen LogP contribution in [0.1, 0.15) is 21.6 Å². The standard InChI is InChI=1S/C17H15N3O/c1-11-16(13-4-2-3-5-14(13)19-11)17(21)20-9-7-12-10-18-8-6-15(12)20/h2-6,8,10,19H,7,9H2,1H3. The summed E-state index contributed by atoms with van der Waals surface area (Å²) in [5.41, 5.74) is 4.83. The van der Waals surface area contributed by atoms with Crippen LogP contribution in [0.2, 0.25) is 0 Å². The van der Waals surface area contributed by atoms with Crippen molar-refractivity contribution in [2.45, 2.75) is 13.3 Å². The Bertz CT molecular complexity index is 850. The molecule has 2 aromatic heterocycles. The van der Waals surface area contributed by atoms with E-state index >= 15 is 0 Å². The van der Waals surface area contributed by atoms with E-state index in [1.807, 2.05) is 48.4 Å². The molecule has 4 nitrogen and oxygen atoms in total. The largest absolute Gasteiger partial charge is 0.358 e. The number of aryl methyl sites for hydroxylation is 1. The Balaban J connectivity index is 1.83. The molecular weight excluding hydrogens is 262 g/mol. The lowest BCUT2D eigenvalue weighted by Crippen LogP contribution is -2.29. The number of nitrogens with zero attached hydrogens (tertiary/aromatic N) is 2. The van der Waals surface area contributed by atoms with Crippen molar-refractivity contribution in [1.82, 2.24) is 9.97 Å². The molecule has 3 aromatic rings. The van der Waals surface area contributed by atoms with Crippen LogP contribution < -0.4 is 4.90 Å². The summed E-state index contributed by atoms with van der Waals surface area (Å²) in [6.45, 7) is 2.68. The minimum Gasteiger partial charge on any atom is -0.358 e. The van der Waals surface area contributed by atoms with E-state index in [-0.39, 0.29) is 5.91 Å². The van der Waals surface area contributed by atoms with E-state index in [2.05, 4.69) is 9.97 Å². The Morgan fingerprint density at radius 3 is 3.05 bits per heavy atom. The summed E-state index contributed by atoms with van der Waals surface area (Å²) in [4.78, 5) is 22.3. The predicted octanol–water partition coefficient (Wildman–Crippen LogP) is 3.07. The third-order valence-electron chi connectivity index (χ3n) is 4.13. The first-order valence-electron chi connectivity index (χ1n) is 7.08.